The van der Waals surface area contributed by atoms with Gasteiger partial charge in [0.1, 0.15) is 0 Å². The predicted octanol–water partition coefficient (Wildman–Crippen LogP) is 2.17. The Morgan fingerprint density at radius 3 is 2.87 bits per heavy atom. The predicted molar refractivity (Wildman–Crippen MR) is 52.8 cm³/mol. The molecule has 3 nitrogen and oxygen atoms in total. The van der Waals surface area contributed by atoms with Gasteiger partial charge in [0.05, 0.1) is 12.0 Å². The maximum Gasteiger partial charge on any atom is 0.312 e. The van der Waals surface area contributed by atoms with Crippen molar-refractivity contribution in [3.05, 3.63) is 29.6 Å². The third-order valence-electron chi connectivity index (χ3n) is 1.64. The van der Waals surface area contributed by atoms with E-state index in [0.717, 1.165) is 6.07 Å². The molecule has 0 atom stereocenters. The number of rotatable bonds is 4. The molecule has 1 rings (SSSR count). The van der Waals surface area contributed by atoms with Crippen LogP contribution in [0, 0.1) is 5.82 Å². The highest BCUT2D eigenvalue weighted by Gasteiger charge is 2.13. The zero-order chi connectivity index (χ0) is 11.3. The Morgan fingerprint density at radius 1 is 1.53 bits per heavy atom. The van der Waals surface area contributed by atoms with Crippen LogP contribution < -0.4 is 4.74 Å². The van der Waals surface area contributed by atoms with Crippen LogP contribution >= 0.6 is 11.6 Å². The molecule has 0 bridgehead atoms. The smallest absolute Gasteiger partial charge is 0.312 e. The molecule has 0 aliphatic rings. The Kier molecular flexibility index (Phi) is 4.24. The quantitative estimate of drug-likeness (QED) is 0.345. The zero-order valence-electron chi connectivity index (χ0n) is 7.70. The second-order valence-electron chi connectivity index (χ2n) is 2.69. The van der Waals surface area contributed by atoms with Gasteiger partial charge < -0.3 is 4.74 Å². The second-order valence-corrected chi connectivity index (χ2v) is 3.07. The van der Waals surface area contributed by atoms with E-state index in [1.807, 2.05) is 0 Å². The number of ether oxygens (including phenoxy) is 1. The fourth-order valence-corrected chi connectivity index (χ4v) is 1.12. The summed E-state index contributed by atoms with van der Waals surface area (Å²) >= 11 is 5.31. The van der Waals surface area contributed by atoms with Gasteiger partial charge in [0.25, 0.3) is 0 Å². The molecule has 0 fully saturated rings. The number of para-hydroxylation sites is 1. The molecule has 0 spiro atoms. The molecular weight excluding hydrogens is 223 g/mol. The van der Waals surface area contributed by atoms with Crippen molar-refractivity contribution < 1.29 is 18.7 Å². The average molecular weight is 231 g/mol. The standard InChI is InChI=1S/C10H8ClFO3/c11-5-4-9(14)15-10-7(6-13)2-1-3-8(10)12/h1-3,6H,4-5H2. The summed E-state index contributed by atoms with van der Waals surface area (Å²) in [7, 11) is 0. The lowest BCUT2D eigenvalue weighted by Crippen LogP contribution is -2.10. The van der Waals surface area contributed by atoms with Gasteiger partial charge in [-0.3, -0.25) is 9.59 Å². The van der Waals surface area contributed by atoms with E-state index in [1.165, 1.54) is 12.1 Å². The van der Waals surface area contributed by atoms with Crippen LogP contribution in [-0.4, -0.2) is 18.1 Å². The van der Waals surface area contributed by atoms with E-state index in [2.05, 4.69) is 4.74 Å². The van der Waals surface area contributed by atoms with E-state index >= 15 is 0 Å². The Bertz CT molecular complexity index is 379. The lowest BCUT2D eigenvalue weighted by Gasteiger charge is -2.06. The molecule has 5 heteroatoms. The number of benzene rings is 1. The zero-order valence-corrected chi connectivity index (χ0v) is 8.46. The van der Waals surface area contributed by atoms with Gasteiger partial charge in [0.15, 0.2) is 17.9 Å². The number of alkyl halides is 1. The van der Waals surface area contributed by atoms with Crippen LogP contribution in [0.5, 0.6) is 5.75 Å². The Morgan fingerprint density at radius 2 is 2.27 bits per heavy atom. The topological polar surface area (TPSA) is 43.4 Å². The SMILES string of the molecule is O=Cc1cccc(F)c1OC(=O)CCCl. The molecule has 0 saturated carbocycles. The molecule has 0 unspecified atom stereocenters. The lowest BCUT2D eigenvalue weighted by molar-refractivity contribution is -0.134. The monoisotopic (exact) mass is 230 g/mol. The van der Waals surface area contributed by atoms with Crippen molar-refractivity contribution >= 4 is 23.9 Å². The lowest BCUT2D eigenvalue weighted by atomic mass is 10.2. The summed E-state index contributed by atoms with van der Waals surface area (Å²) in [5.74, 6) is -1.67. The summed E-state index contributed by atoms with van der Waals surface area (Å²) in [6.07, 6.45) is 0.389. The first-order valence-corrected chi connectivity index (χ1v) is 4.73. The summed E-state index contributed by atoms with van der Waals surface area (Å²) in [6, 6.07) is 3.83. The maximum absolute atomic E-state index is 13.2. The van der Waals surface area contributed by atoms with E-state index in [4.69, 9.17) is 11.6 Å². The van der Waals surface area contributed by atoms with Gasteiger partial charge in [-0.1, -0.05) is 6.07 Å². The van der Waals surface area contributed by atoms with Crippen LogP contribution in [0.3, 0.4) is 0 Å². The van der Waals surface area contributed by atoms with Gasteiger partial charge in [0, 0.05) is 5.88 Å². The van der Waals surface area contributed by atoms with Crippen molar-refractivity contribution in [1.82, 2.24) is 0 Å². The van der Waals surface area contributed by atoms with Crippen molar-refractivity contribution in [2.24, 2.45) is 0 Å². The first-order chi connectivity index (χ1) is 7.19. The minimum Gasteiger partial charge on any atom is -0.423 e. The number of aldehydes is 1. The second kappa shape index (κ2) is 5.46. The van der Waals surface area contributed by atoms with Gasteiger partial charge in [-0.05, 0) is 12.1 Å². The summed E-state index contributed by atoms with van der Waals surface area (Å²) in [4.78, 5) is 21.6. The van der Waals surface area contributed by atoms with E-state index in [1.54, 1.807) is 0 Å². The molecule has 0 N–H and O–H groups in total. The molecule has 0 aromatic heterocycles. The molecule has 1 aromatic carbocycles. The normalized spacial score (nSPS) is 9.73. The Hall–Kier alpha value is -1.42. The van der Waals surface area contributed by atoms with E-state index < -0.39 is 11.8 Å². The van der Waals surface area contributed by atoms with E-state index in [-0.39, 0.29) is 23.6 Å². The van der Waals surface area contributed by atoms with Crippen molar-refractivity contribution in [2.45, 2.75) is 6.42 Å². The third-order valence-corrected chi connectivity index (χ3v) is 1.83. The number of halogens is 2. The first-order valence-electron chi connectivity index (χ1n) is 4.19. The highest BCUT2D eigenvalue weighted by Crippen LogP contribution is 2.21. The molecule has 0 radical (unpaired) electrons. The minimum absolute atomic E-state index is 0.00192. The van der Waals surface area contributed by atoms with Crippen LogP contribution in [0.1, 0.15) is 16.8 Å². The summed E-state index contributed by atoms with van der Waals surface area (Å²) < 4.78 is 17.8. The van der Waals surface area contributed by atoms with Gasteiger partial charge in [-0.2, -0.15) is 0 Å². The summed E-state index contributed by atoms with van der Waals surface area (Å²) in [6.45, 7) is 0. The van der Waals surface area contributed by atoms with Crippen molar-refractivity contribution in [2.75, 3.05) is 5.88 Å². The van der Waals surface area contributed by atoms with Crippen LogP contribution in [0.2, 0.25) is 0 Å². The molecule has 0 aliphatic heterocycles. The minimum atomic E-state index is -0.748. The van der Waals surface area contributed by atoms with Crippen LogP contribution in [0.4, 0.5) is 4.39 Å². The highest BCUT2D eigenvalue weighted by atomic mass is 35.5. The van der Waals surface area contributed by atoms with Gasteiger partial charge in [-0.25, -0.2) is 4.39 Å². The molecular formula is C10H8ClFO3. The maximum atomic E-state index is 13.2. The van der Waals surface area contributed by atoms with Gasteiger partial charge in [0.2, 0.25) is 0 Å². The fraction of sp³-hybridized carbons (Fsp3) is 0.200. The van der Waals surface area contributed by atoms with Crippen molar-refractivity contribution in [1.29, 1.82) is 0 Å². The summed E-state index contributed by atoms with van der Waals surface area (Å²) in [5, 5.41) is 0. The Balaban J connectivity index is 2.92. The van der Waals surface area contributed by atoms with Crippen LogP contribution in [-0.2, 0) is 4.79 Å². The van der Waals surface area contributed by atoms with E-state index in [0.29, 0.717) is 6.29 Å². The third kappa shape index (κ3) is 3.02. The average Bonchev–Trinajstić information content (AvgIpc) is 2.21. The van der Waals surface area contributed by atoms with Crippen LogP contribution in [0.15, 0.2) is 18.2 Å². The van der Waals surface area contributed by atoms with Crippen molar-refractivity contribution in [3.63, 3.8) is 0 Å². The van der Waals surface area contributed by atoms with Gasteiger partial charge >= 0.3 is 5.97 Å². The number of esters is 1. The fourth-order valence-electron chi connectivity index (χ4n) is 0.968. The number of carbonyl (C=O) groups excluding carboxylic acids is 2. The largest absolute Gasteiger partial charge is 0.423 e. The molecule has 15 heavy (non-hydrogen) atoms. The molecule has 0 amide bonds. The first kappa shape index (κ1) is 11.7. The van der Waals surface area contributed by atoms with Crippen LogP contribution in [0.25, 0.3) is 0 Å². The van der Waals surface area contributed by atoms with Gasteiger partial charge in [-0.15, -0.1) is 11.6 Å². The van der Waals surface area contributed by atoms with E-state index in [9.17, 15) is 14.0 Å². The number of hydrogen-bond donors (Lipinski definition) is 0. The Labute approximate surface area is 90.8 Å². The number of carbonyl (C=O) groups is 2. The number of hydrogen-bond acceptors (Lipinski definition) is 3. The highest BCUT2D eigenvalue weighted by molar-refractivity contribution is 6.18. The summed E-state index contributed by atoms with van der Waals surface area (Å²) in [5.41, 5.74) is -0.00192. The molecule has 1 aromatic rings. The van der Waals surface area contributed by atoms with Crippen molar-refractivity contribution in [3.8, 4) is 5.75 Å². The molecule has 80 valence electrons. The molecule has 0 heterocycles. The molecule has 0 aliphatic carbocycles. The molecule has 0 saturated heterocycles.